The molecule has 1 aliphatic carbocycles. The second-order valence-corrected chi connectivity index (χ2v) is 5.56. The highest BCUT2D eigenvalue weighted by molar-refractivity contribution is 5.46. The highest BCUT2D eigenvalue weighted by atomic mass is 16.5. The Kier molecular flexibility index (Phi) is 5.89. The van der Waals surface area contributed by atoms with Crippen molar-refractivity contribution in [2.75, 3.05) is 13.2 Å². The molecule has 1 aromatic rings. The molecular formula is C17H23NO3. The van der Waals surface area contributed by atoms with Crippen LogP contribution in [0.1, 0.15) is 44.6 Å². The molecule has 114 valence electrons. The molecule has 4 heteroatoms. The van der Waals surface area contributed by atoms with Gasteiger partial charge in [-0.05, 0) is 31.4 Å². The molecule has 4 nitrogen and oxygen atoms in total. The number of nitriles is 1. The molecule has 2 rings (SSSR count). The third-order valence-corrected chi connectivity index (χ3v) is 3.88. The van der Waals surface area contributed by atoms with Crippen molar-refractivity contribution in [2.24, 2.45) is 5.92 Å². The van der Waals surface area contributed by atoms with Crippen molar-refractivity contribution in [1.82, 2.24) is 0 Å². The van der Waals surface area contributed by atoms with Crippen molar-refractivity contribution in [3.63, 3.8) is 0 Å². The monoisotopic (exact) mass is 289 g/mol. The van der Waals surface area contributed by atoms with Gasteiger partial charge in [0.1, 0.15) is 6.61 Å². The van der Waals surface area contributed by atoms with Crippen molar-refractivity contribution in [3.05, 3.63) is 23.8 Å². The summed E-state index contributed by atoms with van der Waals surface area (Å²) >= 11 is 0. The molecule has 1 unspecified atom stereocenters. The van der Waals surface area contributed by atoms with Crippen LogP contribution in [0.2, 0.25) is 0 Å². The number of hydrogen-bond acceptors (Lipinski definition) is 4. The fourth-order valence-electron chi connectivity index (χ4n) is 2.85. The van der Waals surface area contributed by atoms with Crippen LogP contribution in [0.25, 0.3) is 0 Å². The van der Waals surface area contributed by atoms with Crippen LogP contribution < -0.4 is 9.47 Å². The zero-order chi connectivity index (χ0) is 15.1. The topological polar surface area (TPSA) is 62.5 Å². The summed E-state index contributed by atoms with van der Waals surface area (Å²) in [6.07, 6.45) is 5.36. The van der Waals surface area contributed by atoms with Gasteiger partial charge in [0.25, 0.3) is 0 Å². The van der Waals surface area contributed by atoms with E-state index in [1.807, 2.05) is 6.92 Å². The Morgan fingerprint density at radius 3 is 2.71 bits per heavy atom. The normalized spacial score (nSPS) is 16.4. The van der Waals surface area contributed by atoms with Crippen molar-refractivity contribution < 1.29 is 14.6 Å². The molecule has 1 fully saturated rings. The van der Waals surface area contributed by atoms with Crippen molar-refractivity contribution in [3.8, 4) is 17.6 Å². The minimum atomic E-state index is -0.446. The largest absolute Gasteiger partial charge is 0.490 e. The fraction of sp³-hybridized carbons (Fsp3) is 0.588. The first kappa shape index (κ1) is 15.7. The van der Waals surface area contributed by atoms with Crippen molar-refractivity contribution >= 4 is 0 Å². The van der Waals surface area contributed by atoms with E-state index in [1.54, 1.807) is 18.2 Å². The Morgan fingerprint density at radius 2 is 2.05 bits per heavy atom. The minimum absolute atomic E-state index is 0.266. The summed E-state index contributed by atoms with van der Waals surface area (Å²) in [6, 6.07) is 7.17. The Balaban J connectivity index is 1.90. The minimum Gasteiger partial charge on any atom is -0.490 e. The summed E-state index contributed by atoms with van der Waals surface area (Å²) in [6.45, 7) is 2.66. The van der Waals surface area contributed by atoms with E-state index in [4.69, 9.17) is 14.7 Å². The number of benzene rings is 1. The van der Waals surface area contributed by atoms with Crippen LogP contribution in [-0.2, 0) is 0 Å². The quantitative estimate of drug-likeness (QED) is 0.836. The molecule has 1 atom stereocenters. The predicted octanol–water partition coefficient (Wildman–Crippen LogP) is 3.28. The van der Waals surface area contributed by atoms with E-state index >= 15 is 0 Å². The molecule has 0 spiro atoms. The SMILES string of the molecule is CCOc1cc(C#N)ccc1OCC(O)CC1CCCC1. The Morgan fingerprint density at radius 1 is 1.29 bits per heavy atom. The molecular weight excluding hydrogens is 266 g/mol. The number of aliphatic hydroxyl groups is 1. The van der Waals surface area contributed by atoms with Crippen LogP contribution in [0.4, 0.5) is 0 Å². The third-order valence-electron chi connectivity index (χ3n) is 3.88. The molecule has 1 aromatic carbocycles. The maximum Gasteiger partial charge on any atom is 0.162 e. The van der Waals surface area contributed by atoms with Crippen LogP contribution in [0, 0.1) is 17.2 Å². The highest BCUT2D eigenvalue weighted by Gasteiger charge is 2.19. The summed E-state index contributed by atoms with van der Waals surface area (Å²) in [7, 11) is 0. The van der Waals surface area contributed by atoms with Gasteiger partial charge in [-0.15, -0.1) is 0 Å². The third kappa shape index (κ3) is 4.64. The summed E-state index contributed by atoms with van der Waals surface area (Å²) in [5.74, 6) is 1.78. The second kappa shape index (κ2) is 7.90. The van der Waals surface area contributed by atoms with Crippen LogP contribution in [-0.4, -0.2) is 24.4 Å². The number of nitrogens with zero attached hydrogens (tertiary/aromatic N) is 1. The number of rotatable bonds is 7. The van der Waals surface area contributed by atoms with Gasteiger partial charge in [0.2, 0.25) is 0 Å². The standard InChI is InChI=1S/C17H23NO3/c1-2-20-17-10-14(11-18)7-8-16(17)21-12-15(19)9-13-5-3-4-6-13/h7-8,10,13,15,19H,2-6,9,12H2,1H3. The lowest BCUT2D eigenvalue weighted by Crippen LogP contribution is -2.20. The summed E-state index contributed by atoms with van der Waals surface area (Å²) in [4.78, 5) is 0. The lowest BCUT2D eigenvalue weighted by atomic mass is 10.0. The van der Waals surface area contributed by atoms with Gasteiger partial charge in [-0.25, -0.2) is 0 Å². The molecule has 1 aliphatic rings. The first-order chi connectivity index (χ1) is 10.2. The molecule has 0 amide bonds. The smallest absolute Gasteiger partial charge is 0.162 e. The maximum atomic E-state index is 10.1. The summed E-state index contributed by atoms with van der Waals surface area (Å²) in [5.41, 5.74) is 0.539. The van der Waals surface area contributed by atoms with Gasteiger partial charge in [0, 0.05) is 6.07 Å². The Bertz CT molecular complexity index is 489. The lowest BCUT2D eigenvalue weighted by Gasteiger charge is -2.17. The van der Waals surface area contributed by atoms with E-state index in [2.05, 4.69) is 6.07 Å². The molecule has 1 N–H and O–H groups in total. The highest BCUT2D eigenvalue weighted by Crippen LogP contribution is 2.30. The van der Waals surface area contributed by atoms with Crippen LogP contribution in [0.3, 0.4) is 0 Å². The van der Waals surface area contributed by atoms with E-state index in [1.165, 1.54) is 25.7 Å². The average Bonchev–Trinajstić information content (AvgIpc) is 2.99. The first-order valence-corrected chi connectivity index (χ1v) is 7.70. The summed E-state index contributed by atoms with van der Waals surface area (Å²) in [5, 5.41) is 19.0. The molecule has 0 saturated heterocycles. The van der Waals surface area contributed by atoms with E-state index in [-0.39, 0.29) is 6.61 Å². The van der Waals surface area contributed by atoms with Gasteiger partial charge >= 0.3 is 0 Å². The zero-order valence-corrected chi connectivity index (χ0v) is 12.5. The molecule has 0 radical (unpaired) electrons. The summed E-state index contributed by atoms with van der Waals surface area (Å²) < 4.78 is 11.2. The van der Waals surface area contributed by atoms with Gasteiger partial charge in [-0.2, -0.15) is 5.26 Å². The Labute approximate surface area is 126 Å². The molecule has 0 aromatic heterocycles. The maximum absolute atomic E-state index is 10.1. The van der Waals surface area contributed by atoms with Gasteiger partial charge in [0.05, 0.1) is 24.3 Å². The van der Waals surface area contributed by atoms with E-state index in [0.29, 0.717) is 29.6 Å². The van der Waals surface area contributed by atoms with E-state index < -0.39 is 6.10 Å². The van der Waals surface area contributed by atoms with Gasteiger partial charge < -0.3 is 14.6 Å². The average molecular weight is 289 g/mol. The van der Waals surface area contributed by atoms with Crippen LogP contribution in [0.15, 0.2) is 18.2 Å². The predicted molar refractivity (Wildman–Crippen MR) is 80.4 cm³/mol. The van der Waals surface area contributed by atoms with Crippen molar-refractivity contribution in [1.29, 1.82) is 5.26 Å². The molecule has 0 aliphatic heterocycles. The van der Waals surface area contributed by atoms with Crippen LogP contribution >= 0.6 is 0 Å². The van der Waals surface area contributed by atoms with E-state index in [0.717, 1.165) is 6.42 Å². The fourth-order valence-corrected chi connectivity index (χ4v) is 2.85. The van der Waals surface area contributed by atoms with E-state index in [9.17, 15) is 5.11 Å². The molecule has 21 heavy (non-hydrogen) atoms. The second-order valence-electron chi connectivity index (χ2n) is 5.56. The molecule has 1 saturated carbocycles. The zero-order valence-electron chi connectivity index (χ0n) is 12.5. The number of hydrogen-bond donors (Lipinski definition) is 1. The van der Waals surface area contributed by atoms with Crippen molar-refractivity contribution in [2.45, 2.75) is 45.1 Å². The molecule has 0 heterocycles. The number of aliphatic hydroxyl groups excluding tert-OH is 1. The lowest BCUT2D eigenvalue weighted by molar-refractivity contribution is 0.0838. The first-order valence-electron chi connectivity index (χ1n) is 7.70. The number of ether oxygens (including phenoxy) is 2. The van der Waals surface area contributed by atoms with Gasteiger partial charge in [-0.3, -0.25) is 0 Å². The van der Waals surface area contributed by atoms with Gasteiger partial charge in [0.15, 0.2) is 11.5 Å². The van der Waals surface area contributed by atoms with Gasteiger partial charge in [-0.1, -0.05) is 25.7 Å². The van der Waals surface area contributed by atoms with Crippen LogP contribution in [0.5, 0.6) is 11.5 Å². The molecule has 0 bridgehead atoms. The Hall–Kier alpha value is -1.73.